The third kappa shape index (κ3) is 4.31. The number of hydrogen-bond acceptors (Lipinski definition) is 2. The molecule has 0 saturated carbocycles. The van der Waals surface area contributed by atoms with E-state index in [0.717, 1.165) is 40.6 Å². The van der Waals surface area contributed by atoms with Crippen molar-refractivity contribution in [2.24, 2.45) is 5.73 Å². The van der Waals surface area contributed by atoms with E-state index in [2.05, 4.69) is 5.32 Å². The Morgan fingerprint density at radius 1 is 0.929 bits per heavy atom. The number of nitrogens with one attached hydrogen (secondary N) is 1. The van der Waals surface area contributed by atoms with E-state index in [4.69, 9.17) is 5.73 Å². The number of halogens is 3. The van der Waals surface area contributed by atoms with Gasteiger partial charge < -0.3 is 11.1 Å². The lowest BCUT2D eigenvalue weighted by Gasteiger charge is -2.17. The molecular formula is C21H17F3N2O2. The first-order valence-electron chi connectivity index (χ1n) is 8.50. The molecule has 2 amide bonds. The van der Waals surface area contributed by atoms with E-state index in [-0.39, 0.29) is 12.0 Å². The van der Waals surface area contributed by atoms with Crippen molar-refractivity contribution in [3.63, 3.8) is 0 Å². The normalized spacial score (nSPS) is 12.5. The van der Waals surface area contributed by atoms with Crippen molar-refractivity contribution in [1.29, 1.82) is 0 Å². The van der Waals surface area contributed by atoms with Gasteiger partial charge in [0.2, 0.25) is 5.91 Å². The fraction of sp³-hybridized carbons (Fsp3) is 0.143. The van der Waals surface area contributed by atoms with E-state index >= 15 is 0 Å². The maximum atomic E-state index is 12.6. The van der Waals surface area contributed by atoms with Gasteiger partial charge in [-0.25, -0.2) is 0 Å². The topological polar surface area (TPSA) is 72.2 Å². The van der Waals surface area contributed by atoms with Gasteiger partial charge in [0.25, 0.3) is 5.91 Å². The third-order valence-electron chi connectivity index (χ3n) is 4.43. The van der Waals surface area contributed by atoms with Gasteiger partial charge in [0.15, 0.2) is 0 Å². The summed E-state index contributed by atoms with van der Waals surface area (Å²) in [5.74, 6) is -1.40. The van der Waals surface area contributed by atoms with E-state index in [9.17, 15) is 22.8 Å². The maximum Gasteiger partial charge on any atom is 0.416 e. The van der Waals surface area contributed by atoms with Crippen LogP contribution >= 0.6 is 0 Å². The van der Waals surface area contributed by atoms with Gasteiger partial charge >= 0.3 is 6.18 Å². The molecule has 0 heterocycles. The average molecular weight is 386 g/mol. The van der Waals surface area contributed by atoms with Gasteiger partial charge in [0, 0.05) is 12.0 Å². The summed E-state index contributed by atoms with van der Waals surface area (Å²) in [6.45, 7) is 0. The summed E-state index contributed by atoms with van der Waals surface area (Å²) in [7, 11) is 0. The van der Waals surface area contributed by atoms with Crippen LogP contribution in [0, 0.1) is 0 Å². The fourth-order valence-corrected chi connectivity index (χ4v) is 2.97. The average Bonchev–Trinajstić information content (AvgIpc) is 2.67. The van der Waals surface area contributed by atoms with E-state index < -0.39 is 29.6 Å². The lowest BCUT2D eigenvalue weighted by atomic mass is 9.98. The SMILES string of the molecule is NC(=O)[C@@H](Cc1cccc2ccccc12)NC(=O)c1ccc(C(F)(F)F)cc1. The molecule has 0 aliphatic heterocycles. The quantitative estimate of drug-likeness (QED) is 0.702. The highest BCUT2D eigenvalue weighted by atomic mass is 19.4. The van der Waals surface area contributed by atoms with E-state index in [0.29, 0.717) is 0 Å². The van der Waals surface area contributed by atoms with Gasteiger partial charge in [-0.2, -0.15) is 13.2 Å². The highest BCUT2D eigenvalue weighted by Crippen LogP contribution is 2.29. The summed E-state index contributed by atoms with van der Waals surface area (Å²) in [4.78, 5) is 24.2. The van der Waals surface area contributed by atoms with Crippen molar-refractivity contribution in [3.8, 4) is 0 Å². The molecule has 0 radical (unpaired) electrons. The molecule has 0 aromatic heterocycles. The Bertz CT molecular complexity index is 1010. The summed E-state index contributed by atoms with van der Waals surface area (Å²) in [5.41, 5.74) is 5.42. The van der Waals surface area contributed by atoms with Crippen molar-refractivity contribution in [2.45, 2.75) is 18.6 Å². The van der Waals surface area contributed by atoms with Gasteiger partial charge in [-0.1, -0.05) is 42.5 Å². The van der Waals surface area contributed by atoms with Crippen molar-refractivity contribution in [1.82, 2.24) is 5.32 Å². The van der Waals surface area contributed by atoms with Gasteiger partial charge in [0.1, 0.15) is 6.04 Å². The second-order valence-electron chi connectivity index (χ2n) is 6.35. The Balaban J connectivity index is 1.79. The number of fused-ring (bicyclic) bond motifs is 1. The fourth-order valence-electron chi connectivity index (χ4n) is 2.97. The largest absolute Gasteiger partial charge is 0.416 e. The minimum absolute atomic E-state index is 0.0113. The van der Waals surface area contributed by atoms with Crippen LogP contribution in [0.25, 0.3) is 10.8 Å². The smallest absolute Gasteiger partial charge is 0.368 e. The molecular weight excluding hydrogens is 369 g/mol. The molecule has 0 unspecified atom stereocenters. The Hall–Kier alpha value is -3.35. The molecule has 0 fully saturated rings. The summed E-state index contributed by atoms with van der Waals surface area (Å²) in [6, 6.07) is 16.0. The number of amides is 2. The number of primary amides is 1. The molecule has 0 spiro atoms. The zero-order valence-corrected chi connectivity index (χ0v) is 14.7. The molecule has 144 valence electrons. The van der Waals surface area contributed by atoms with Crippen molar-refractivity contribution >= 4 is 22.6 Å². The minimum Gasteiger partial charge on any atom is -0.368 e. The number of rotatable bonds is 5. The molecule has 4 nitrogen and oxygen atoms in total. The van der Waals surface area contributed by atoms with Gasteiger partial charge in [-0.3, -0.25) is 9.59 Å². The predicted octanol–water partition coefficient (Wildman–Crippen LogP) is 3.69. The molecule has 1 atom stereocenters. The van der Waals surface area contributed by atoms with Crippen LogP contribution in [0.15, 0.2) is 66.7 Å². The van der Waals surface area contributed by atoms with Gasteiger partial charge in [-0.15, -0.1) is 0 Å². The molecule has 7 heteroatoms. The molecule has 0 aliphatic rings. The monoisotopic (exact) mass is 386 g/mol. The lowest BCUT2D eigenvalue weighted by molar-refractivity contribution is -0.137. The van der Waals surface area contributed by atoms with E-state index in [1.54, 1.807) is 0 Å². The van der Waals surface area contributed by atoms with Crippen molar-refractivity contribution in [2.75, 3.05) is 0 Å². The Kier molecular flexibility index (Phi) is 5.35. The summed E-state index contributed by atoms with van der Waals surface area (Å²) < 4.78 is 37.9. The van der Waals surface area contributed by atoms with Crippen LogP contribution in [0.4, 0.5) is 13.2 Å². The summed E-state index contributed by atoms with van der Waals surface area (Å²) >= 11 is 0. The maximum absolute atomic E-state index is 12.6. The van der Waals surface area contributed by atoms with Crippen LogP contribution in [-0.4, -0.2) is 17.9 Å². The molecule has 3 aromatic carbocycles. The van der Waals surface area contributed by atoms with Crippen LogP contribution in [0.5, 0.6) is 0 Å². The number of carbonyl (C=O) groups is 2. The molecule has 3 N–H and O–H groups in total. The lowest BCUT2D eigenvalue weighted by Crippen LogP contribution is -2.45. The molecule has 28 heavy (non-hydrogen) atoms. The standard InChI is InChI=1S/C21H17F3N2O2/c22-21(23,24)16-10-8-14(9-11-16)20(28)26-18(19(25)27)12-15-6-3-5-13-4-1-2-7-17(13)15/h1-11,18H,12H2,(H2,25,27)(H,26,28)/t18-/m1/s1. The van der Waals surface area contributed by atoms with Gasteiger partial charge in [0.05, 0.1) is 5.56 Å². The minimum atomic E-state index is -4.49. The van der Waals surface area contributed by atoms with Crippen LogP contribution in [-0.2, 0) is 17.4 Å². The number of benzene rings is 3. The second kappa shape index (κ2) is 7.72. The Morgan fingerprint density at radius 3 is 2.21 bits per heavy atom. The third-order valence-corrected chi connectivity index (χ3v) is 4.43. The Morgan fingerprint density at radius 2 is 1.57 bits per heavy atom. The predicted molar refractivity (Wildman–Crippen MR) is 99.5 cm³/mol. The molecule has 0 saturated heterocycles. The molecule has 3 rings (SSSR count). The summed E-state index contributed by atoms with van der Waals surface area (Å²) in [5, 5.41) is 4.42. The van der Waals surface area contributed by atoms with Crippen LogP contribution in [0.2, 0.25) is 0 Å². The number of nitrogens with two attached hydrogens (primary N) is 1. The highest BCUT2D eigenvalue weighted by Gasteiger charge is 2.30. The molecule has 0 aliphatic carbocycles. The Labute approximate surface area is 159 Å². The summed E-state index contributed by atoms with van der Waals surface area (Å²) in [6.07, 6.45) is -4.32. The van der Waals surface area contributed by atoms with Crippen molar-refractivity contribution < 1.29 is 22.8 Å². The molecule has 0 bridgehead atoms. The number of hydrogen-bond donors (Lipinski definition) is 2. The van der Waals surface area contributed by atoms with Crippen LogP contribution in [0.1, 0.15) is 21.5 Å². The zero-order valence-electron chi connectivity index (χ0n) is 14.7. The highest BCUT2D eigenvalue weighted by molar-refractivity contribution is 5.97. The van der Waals surface area contributed by atoms with E-state index in [1.807, 2.05) is 42.5 Å². The first-order valence-corrected chi connectivity index (χ1v) is 8.50. The van der Waals surface area contributed by atoms with Crippen LogP contribution in [0.3, 0.4) is 0 Å². The van der Waals surface area contributed by atoms with Crippen LogP contribution < -0.4 is 11.1 Å². The zero-order chi connectivity index (χ0) is 20.3. The van der Waals surface area contributed by atoms with Crippen molar-refractivity contribution in [3.05, 3.63) is 83.4 Å². The van der Waals surface area contributed by atoms with Gasteiger partial charge in [-0.05, 0) is 40.6 Å². The number of carbonyl (C=O) groups excluding carboxylic acids is 2. The van der Waals surface area contributed by atoms with E-state index in [1.165, 1.54) is 0 Å². The first-order chi connectivity index (χ1) is 13.3. The number of alkyl halides is 3. The first kappa shape index (κ1) is 19.4. The second-order valence-corrected chi connectivity index (χ2v) is 6.35. The molecule has 3 aromatic rings.